The number of nitrogens with zero attached hydrogens (tertiary/aromatic N) is 3. The average molecular weight is 294 g/mol. The zero-order valence-corrected chi connectivity index (χ0v) is 11.5. The molecular formula is C14H10ClF2N3. The Kier molecular flexibility index (Phi) is 2.94. The van der Waals surface area contributed by atoms with Gasteiger partial charge in [0.2, 0.25) is 0 Å². The van der Waals surface area contributed by atoms with E-state index < -0.39 is 11.6 Å². The summed E-state index contributed by atoms with van der Waals surface area (Å²) in [5.41, 5.74) is 2.60. The molecule has 0 aliphatic carbocycles. The highest BCUT2D eigenvalue weighted by Crippen LogP contribution is 2.31. The summed E-state index contributed by atoms with van der Waals surface area (Å²) in [4.78, 5) is 8.13. The number of aromatic nitrogens is 3. The normalized spacial score (nSPS) is 11.2. The standard InChI is InChI=1S/C14H10ClF2N3/c1-7-8(2)20(11-4-9(16)3-10(17)5-11)14-12(7)13(15)18-6-19-14/h3-6H,1-2H3. The predicted octanol–water partition coefficient (Wildman–Crippen LogP) is 3.97. The van der Waals surface area contributed by atoms with Crippen LogP contribution in [0.1, 0.15) is 11.3 Å². The first-order valence-electron chi connectivity index (χ1n) is 5.93. The predicted molar refractivity (Wildman–Crippen MR) is 73.3 cm³/mol. The van der Waals surface area contributed by atoms with Gasteiger partial charge in [-0.3, -0.25) is 4.57 Å². The van der Waals surface area contributed by atoms with Crippen molar-refractivity contribution in [1.29, 1.82) is 0 Å². The molecule has 20 heavy (non-hydrogen) atoms. The Labute approximate surface area is 118 Å². The molecule has 0 saturated heterocycles. The van der Waals surface area contributed by atoms with Gasteiger partial charge in [-0.05, 0) is 31.5 Å². The number of aryl methyl sites for hydroxylation is 1. The Balaban J connectivity index is 2.42. The minimum atomic E-state index is -0.640. The van der Waals surface area contributed by atoms with Gasteiger partial charge in [0, 0.05) is 11.8 Å². The second-order valence-corrected chi connectivity index (χ2v) is 4.89. The topological polar surface area (TPSA) is 30.7 Å². The maximum Gasteiger partial charge on any atom is 0.149 e. The number of benzene rings is 1. The highest BCUT2D eigenvalue weighted by Gasteiger charge is 2.17. The van der Waals surface area contributed by atoms with Crippen molar-refractivity contribution in [3.8, 4) is 5.69 Å². The van der Waals surface area contributed by atoms with Crippen molar-refractivity contribution in [3.63, 3.8) is 0 Å². The molecule has 0 spiro atoms. The molecule has 3 aromatic rings. The summed E-state index contributed by atoms with van der Waals surface area (Å²) in [6, 6.07) is 3.34. The van der Waals surface area contributed by atoms with E-state index in [9.17, 15) is 8.78 Å². The lowest BCUT2D eigenvalue weighted by atomic mass is 10.2. The SMILES string of the molecule is Cc1c(C)n(-c2cc(F)cc(F)c2)c2ncnc(Cl)c12. The van der Waals surface area contributed by atoms with E-state index in [1.54, 1.807) is 4.57 Å². The Morgan fingerprint density at radius 3 is 2.35 bits per heavy atom. The molecule has 1 aromatic carbocycles. The summed E-state index contributed by atoms with van der Waals surface area (Å²) in [6.07, 6.45) is 1.33. The number of halogens is 3. The summed E-state index contributed by atoms with van der Waals surface area (Å²) in [6.45, 7) is 3.72. The summed E-state index contributed by atoms with van der Waals surface area (Å²) >= 11 is 6.09. The highest BCUT2D eigenvalue weighted by atomic mass is 35.5. The fourth-order valence-corrected chi connectivity index (χ4v) is 2.61. The maximum absolute atomic E-state index is 13.4. The van der Waals surface area contributed by atoms with Crippen molar-refractivity contribution in [2.45, 2.75) is 13.8 Å². The van der Waals surface area contributed by atoms with Gasteiger partial charge in [0.05, 0.1) is 11.1 Å². The van der Waals surface area contributed by atoms with E-state index >= 15 is 0 Å². The molecule has 0 atom stereocenters. The van der Waals surface area contributed by atoms with E-state index in [0.29, 0.717) is 21.9 Å². The van der Waals surface area contributed by atoms with Crippen molar-refractivity contribution in [2.24, 2.45) is 0 Å². The van der Waals surface area contributed by atoms with Crippen LogP contribution in [0.4, 0.5) is 8.78 Å². The number of hydrogen-bond donors (Lipinski definition) is 0. The molecule has 3 rings (SSSR count). The fourth-order valence-electron chi connectivity index (χ4n) is 2.34. The molecule has 0 aliphatic heterocycles. The Hall–Kier alpha value is -2.01. The van der Waals surface area contributed by atoms with Crippen LogP contribution in [-0.2, 0) is 0 Å². The lowest BCUT2D eigenvalue weighted by Gasteiger charge is -2.08. The van der Waals surface area contributed by atoms with Gasteiger partial charge in [0.25, 0.3) is 0 Å². The molecule has 0 unspecified atom stereocenters. The van der Waals surface area contributed by atoms with Crippen LogP contribution < -0.4 is 0 Å². The lowest BCUT2D eigenvalue weighted by Crippen LogP contribution is -2.00. The Bertz CT molecular complexity index is 807. The third-order valence-electron chi connectivity index (χ3n) is 3.35. The first kappa shape index (κ1) is 13.0. The Morgan fingerprint density at radius 2 is 1.70 bits per heavy atom. The molecule has 0 aliphatic rings. The molecule has 0 amide bonds. The van der Waals surface area contributed by atoms with Crippen LogP contribution in [0.5, 0.6) is 0 Å². The quantitative estimate of drug-likeness (QED) is 0.636. The van der Waals surface area contributed by atoms with Gasteiger partial charge in [0.1, 0.15) is 28.8 Å². The van der Waals surface area contributed by atoms with Crippen molar-refractivity contribution in [2.75, 3.05) is 0 Å². The molecule has 2 aromatic heterocycles. The van der Waals surface area contributed by atoms with Crippen LogP contribution in [0.2, 0.25) is 5.15 Å². The molecule has 0 fully saturated rings. The first-order chi connectivity index (χ1) is 9.49. The maximum atomic E-state index is 13.4. The molecule has 3 nitrogen and oxygen atoms in total. The second kappa shape index (κ2) is 4.52. The van der Waals surface area contributed by atoms with E-state index in [0.717, 1.165) is 17.3 Å². The second-order valence-electron chi connectivity index (χ2n) is 4.54. The fraction of sp³-hybridized carbons (Fsp3) is 0.143. The van der Waals surface area contributed by atoms with Gasteiger partial charge in [-0.2, -0.15) is 0 Å². The van der Waals surface area contributed by atoms with Crippen LogP contribution in [0.15, 0.2) is 24.5 Å². The zero-order chi connectivity index (χ0) is 14.4. The van der Waals surface area contributed by atoms with Crippen molar-refractivity contribution in [1.82, 2.24) is 14.5 Å². The van der Waals surface area contributed by atoms with Crippen LogP contribution in [0, 0.1) is 25.5 Å². The van der Waals surface area contributed by atoms with Gasteiger partial charge < -0.3 is 0 Å². The number of fused-ring (bicyclic) bond motifs is 1. The minimum Gasteiger partial charge on any atom is -0.298 e. The van der Waals surface area contributed by atoms with E-state index in [2.05, 4.69) is 9.97 Å². The van der Waals surface area contributed by atoms with E-state index in [1.165, 1.54) is 18.5 Å². The molecule has 2 heterocycles. The van der Waals surface area contributed by atoms with Crippen LogP contribution in [-0.4, -0.2) is 14.5 Å². The summed E-state index contributed by atoms with van der Waals surface area (Å²) in [7, 11) is 0. The summed E-state index contributed by atoms with van der Waals surface area (Å²) in [5, 5.41) is 1.02. The van der Waals surface area contributed by atoms with Gasteiger partial charge >= 0.3 is 0 Å². The van der Waals surface area contributed by atoms with Crippen LogP contribution in [0.3, 0.4) is 0 Å². The zero-order valence-electron chi connectivity index (χ0n) is 10.8. The van der Waals surface area contributed by atoms with E-state index in [-0.39, 0.29) is 0 Å². The summed E-state index contributed by atoms with van der Waals surface area (Å²) in [5.74, 6) is -1.28. The third kappa shape index (κ3) is 1.86. The number of rotatable bonds is 1. The first-order valence-corrected chi connectivity index (χ1v) is 6.31. The van der Waals surface area contributed by atoms with Crippen molar-refractivity contribution >= 4 is 22.6 Å². The largest absolute Gasteiger partial charge is 0.298 e. The van der Waals surface area contributed by atoms with Gasteiger partial charge in [0.15, 0.2) is 0 Å². The Morgan fingerprint density at radius 1 is 1.05 bits per heavy atom. The molecule has 0 N–H and O–H groups in total. The third-order valence-corrected chi connectivity index (χ3v) is 3.64. The van der Waals surface area contributed by atoms with Crippen LogP contribution >= 0.6 is 11.6 Å². The number of hydrogen-bond acceptors (Lipinski definition) is 2. The molecule has 6 heteroatoms. The average Bonchev–Trinajstić information content (AvgIpc) is 2.62. The lowest BCUT2D eigenvalue weighted by molar-refractivity contribution is 0.581. The van der Waals surface area contributed by atoms with Crippen LogP contribution in [0.25, 0.3) is 16.7 Å². The smallest absolute Gasteiger partial charge is 0.149 e. The van der Waals surface area contributed by atoms with Gasteiger partial charge in [-0.15, -0.1) is 0 Å². The minimum absolute atomic E-state index is 0.325. The van der Waals surface area contributed by atoms with E-state index in [4.69, 9.17) is 11.6 Å². The summed E-state index contributed by atoms with van der Waals surface area (Å²) < 4.78 is 28.5. The molecule has 0 saturated carbocycles. The highest BCUT2D eigenvalue weighted by molar-refractivity contribution is 6.34. The van der Waals surface area contributed by atoms with Crippen molar-refractivity contribution < 1.29 is 8.78 Å². The van der Waals surface area contributed by atoms with Gasteiger partial charge in [-0.25, -0.2) is 18.7 Å². The molecule has 0 radical (unpaired) electrons. The van der Waals surface area contributed by atoms with Gasteiger partial charge in [-0.1, -0.05) is 11.6 Å². The van der Waals surface area contributed by atoms with Crippen molar-refractivity contribution in [3.05, 3.63) is 52.6 Å². The van der Waals surface area contributed by atoms with E-state index in [1.807, 2.05) is 13.8 Å². The monoisotopic (exact) mass is 293 g/mol. The molecule has 0 bridgehead atoms. The molecular weight excluding hydrogens is 284 g/mol. The molecule has 102 valence electrons.